The first kappa shape index (κ1) is 14.9. The maximum atomic E-state index is 10.6. The van der Waals surface area contributed by atoms with E-state index in [1.54, 1.807) is 0 Å². The fourth-order valence-corrected chi connectivity index (χ4v) is 2.68. The van der Waals surface area contributed by atoms with Crippen molar-refractivity contribution >= 4 is 14.4 Å². The van der Waals surface area contributed by atoms with Crippen molar-refractivity contribution < 1.29 is 4.79 Å². The molecule has 0 unspecified atom stereocenters. The molecular weight excluding hydrogens is 236 g/mol. The summed E-state index contributed by atoms with van der Waals surface area (Å²) in [5, 5.41) is 0.394. The molecule has 0 aromatic heterocycles. The molecular formula is C16H24OSi. The molecule has 98 valence electrons. The first-order valence-corrected chi connectivity index (χ1v) is 9.56. The lowest BCUT2D eigenvalue weighted by molar-refractivity contribution is 0.112. The summed E-state index contributed by atoms with van der Waals surface area (Å²) in [4.78, 5) is 10.6. The maximum absolute atomic E-state index is 10.6. The van der Waals surface area contributed by atoms with Gasteiger partial charge in [-0.25, -0.2) is 0 Å². The Balaban J connectivity index is 2.67. The average molecular weight is 260 g/mol. The van der Waals surface area contributed by atoms with Gasteiger partial charge in [0.1, 0.15) is 6.29 Å². The third-order valence-corrected chi connectivity index (χ3v) is 8.87. The Morgan fingerprint density at radius 3 is 2.11 bits per heavy atom. The van der Waals surface area contributed by atoms with Gasteiger partial charge in [0.25, 0.3) is 0 Å². The lowest BCUT2D eigenvalue weighted by atomic mass is 10.1. The average Bonchev–Trinajstić information content (AvgIpc) is 2.28. The summed E-state index contributed by atoms with van der Waals surface area (Å²) < 4.78 is 0. The van der Waals surface area contributed by atoms with Crippen molar-refractivity contribution in [1.29, 1.82) is 0 Å². The minimum Gasteiger partial charge on any atom is -0.298 e. The highest BCUT2D eigenvalue weighted by atomic mass is 28.3. The van der Waals surface area contributed by atoms with Gasteiger partial charge in [0.05, 0.1) is 8.07 Å². The van der Waals surface area contributed by atoms with Gasteiger partial charge in [-0.3, -0.25) is 4.79 Å². The van der Waals surface area contributed by atoms with Gasteiger partial charge >= 0.3 is 0 Å². The molecule has 0 aliphatic rings. The summed E-state index contributed by atoms with van der Waals surface area (Å²) in [6.07, 6.45) is 4.12. The number of rotatable bonds is 4. The molecule has 0 aliphatic heterocycles. The summed E-state index contributed by atoms with van der Waals surface area (Å²) in [6, 6.07) is 7.81. The first-order chi connectivity index (χ1) is 8.26. The van der Waals surface area contributed by atoms with Crippen molar-refractivity contribution in [2.45, 2.75) is 45.3 Å². The fourth-order valence-electron chi connectivity index (χ4n) is 1.47. The summed E-state index contributed by atoms with van der Waals surface area (Å²) in [7, 11) is -1.31. The topological polar surface area (TPSA) is 17.1 Å². The quantitative estimate of drug-likeness (QED) is 0.569. The molecule has 1 rings (SSSR count). The third-order valence-electron chi connectivity index (χ3n) is 3.94. The number of carbonyl (C=O) groups excluding carboxylic acids is 1. The van der Waals surface area contributed by atoms with Crippen LogP contribution in [0.25, 0.3) is 0 Å². The summed E-state index contributed by atoms with van der Waals surface area (Å²) in [5.41, 5.74) is 4.43. The highest BCUT2D eigenvalue weighted by Gasteiger charge is 2.31. The number of allylic oxidation sites excluding steroid dienone is 1. The van der Waals surface area contributed by atoms with Crippen molar-refractivity contribution in [1.82, 2.24) is 0 Å². The summed E-state index contributed by atoms with van der Waals surface area (Å²) in [5.74, 6) is 0. The number of benzene rings is 1. The molecule has 0 spiro atoms. The Labute approximate surface area is 112 Å². The zero-order valence-corrected chi connectivity index (χ0v) is 13.2. The molecule has 0 radical (unpaired) electrons. The number of hydrogen-bond acceptors (Lipinski definition) is 1. The maximum Gasteiger partial charge on any atom is 0.150 e. The first-order valence-electron chi connectivity index (χ1n) is 6.48. The highest BCUT2D eigenvalue weighted by molar-refractivity contribution is 6.84. The van der Waals surface area contributed by atoms with Crippen molar-refractivity contribution in [3.8, 4) is 0 Å². The van der Waals surface area contributed by atoms with E-state index in [2.05, 4.69) is 45.6 Å². The van der Waals surface area contributed by atoms with Gasteiger partial charge in [-0.1, -0.05) is 69.9 Å². The van der Waals surface area contributed by atoms with Gasteiger partial charge in [0.2, 0.25) is 0 Å². The molecule has 0 amide bonds. The zero-order chi connectivity index (χ0) is 13.8. The predicted octanol–water partition coefficient (Wildman–Crippen LogP) is 4.65. The van der Waals surface area contributed by atoms with Crippen LogP contribution >= 0.6 is 0 Å². The Hall–Kier alpha value is -1.15. The van der Waals surface area contributed by atoms with Crippen molar-refractivity contribution in [2.75, 3.05) is 0 Å². The molecule has 0 saturated carbocycles. The lowest BCUT2D eigenvalue weighted by Gasteiger charge is -2.34. The molecule has 0 saturated heterocycles. The van der Waals surface area contributed by atoms with Crippen LogP contribution in [0.15, 0.2) is 36.0 Å². The Morgan fingerprint density at radius 1 is 1.11 bits per heavy atom. The second kappa shape index (κ2) is 5.66. The minimum atomic E-state index is -1.31. The van der Waals surface area contributed by atoms with E-state index in [0.29, 0.717) is 5.04 Å². The summed E-state index contributed by atoms with van der Waals surface area (Å²) in [6.45, 7) is 11.8. The van der Waals surface area contributed by atoms with Crippen LogP contribution in [-0.4, -0.2) is 14.4 Å². The molecule has 0 fully saturated rings. The van der Waals surface area contributed by atoms with E-state index in [9.17, 15) is 4.79 Å². The highest BCUT2D eigenvalue weighted by Crippen LogP contribution is 2.36. The van der Waals surface area contributed by atoms with Crippen LogP contribution in [-0.2, 0) is 6.42 Å². The van der Waals surface area contributed by atoms with Crippen LogP contribution in [0.1, 0.15) is 36.7 Å². The Morgan fingerprint density at radius 2 is 1.67 bits per heavy atom. The standard InChI is InChI=1S/C16H24OSi/c1-16(2,3)18(4,5)12-6-7-14-8-10-15(13-17)11-9-14/h6,8-13H,7H2,1-5H3/b12-6+. The van der Waals surface area contributed by atoms with E-state index in [1.807, 2.05) is 24.3 Å². The van der Waals surface area contributed by atoms with Gasteiger partial charge < -0.3 is 0 Å². The molecule has 1 aromatic rings. The van der Waals surface area contributed by atoms with Crippen LogP contribution in [0.4, 0.5) is 0 Å². The molecule has 0 aliphatic carbocycles. The predicted molar refractivity (Wildman–Crippen MR) is 81.9 cm³/mol. The van der Waals surface area contributed by atoms with E-state index >= 15 is 0 Å². The van der Waals surface area contributed by atoms with Crippen LogP contribution in [0.5, 0.6) is 0 Å². The molecule has 1 aromatic carbocycles. The monoisotopic (exact) mass is 260 g/mol. The minimum absolute atomic E-state index is 0.394. The van der Waals surface area contributed by atoms with Gasteiger partial charge in [0.15, 0.2) is 0 Å². The van der Waals surface area contributed by atoms with E-state index in [4.69, 9.17) is 0 Å². The molecule has 0 bridgehead atoms. The largest absolute Gasteiger partial charge is 0.298 e. The van der Waals surface area contributed by atoms with Gasteiger partial charge in [0, 0.05) is 5.56 Å². The normalized spacial score (nSPS) is 12.9. The Kier molecular flexibility index (Phi) is 4.69. The number of hydrogen-bond donors (Lipinski definition) is 0. The van der Waals surface area contributed by atoms with Crippen molar-refractivity contribution in [2.24, 2.45) is 0 Å². The fraction of sp³-hybridized carbons (Fsp3) is 0.438. The van der Waals surface area contributed by atoms with Crippen LogP contribution in [0.2, 0.25) is 18.1 Å². The molecule has 1 nitrogen and oxygen atoms in total. The second-order valence-electron chi connectivity index (χ2n) is 6.44. The third kappa shape index (κ3) is 3.95. The van der Waals surface area contributed by atoms with Gasteiger partial charge in [-0.2, -0.15) is 0 Å². The van der Waals surface area contributed by atoms with Crippen LogP contribution in [0.3, 0.4) is 0 Å². The van der Waals surface area contributed by atoms with Crippen LogP contribution in [0, 0.1) is 0 Å². The van der Waals surface area contributed by atoms with E-state index in [0.717, 1.165) is 18.3 Å². The second-order valence-corrected chi connectivity index (χ2v) is 11.7. The molecule has 2 heteroatoms. The zero-order valence-electron chi connectivity index (χ0n) is 12.2. The lowest BCUT2D eigenvalue weighted by Crippen LogP contribution is -2.34. The molecule has 0 heterocycles. The van der Waals surface area contributed by atoms with E-state index in [-0.39, 0.29) is 0 Å². The number of aldehydes is 1. The van der Waals surface area contributed by atoms with Gasteiger partial charge in [-0.05, 0) is 17.0 Å². The van der Waals surface area contributed by atoms with Crippen molar-refractivity contribution in [3.63, 3.8) is 0 Å². The van der Waals surface area contributed by atoms with Crippen LogP contribution < -0.4 is 0 Å². The van der Waals surface area contributed by atoms with Gasteiger partial charge in [-0.15, -0.1) is 0 Å². The van der Waals surface area contributed by atoms with Crippen molar-refractivity contribution in [3.05, 3.63) is 47.2 Å². The van der Waals surface area contributed by atoms with E-state index in [1.165, 1.54) is 5.56 Å². The molecule has 18 heavy (non-hydrogen) atoms. The molecule has 0 N–H and O–H groups in total. The number of carbonyl (C=O) groups is 1. The van der Waals surface area contributed by atoms with E-state index < -0.39 is 8.07 Å². The smallest absolute Gasteiger partial charge is 0.150 e. The SMILES string of the molecule is CC(C)(C)[Si](C)(C)/C=C/Cc1ccc(C=O)cc1. The summed E-state index contributed by atoms with van der Waals surface area (Å²) >= 11 is 0. The Bertz CT molecular complexity index is 421. The molecule has 0 atom stereocenters.